The Hall–Kier alpha value is -0.230. The Bertz CT molecular complexity index is 179. The van der Waals surface area contributed by atoms with Crippen LogP contribution in [0.5, 0.6) is 0 Å². The standard InChI is InChI=1S/C9H13Cl/c1-8-4-3-5-9(2,6-8)7-10/h3-5H,6-7H2,1-2H3. The van der Waals surface area contributed by atoms with Gasteiger partial charge in [-0.05, 0) is 13.3 Å². The molecule has 10 heavy (non-hydrogen) atoms. The molecule has 1 aliphatic rings. The van der Waals surface area contributed by atoms with Crippen LogP contribution in [0.25, 0.3) is 0 Å². The smallest absolute Gasteiger partial charge is 0.0315 e. The van der Waals surface area contributed by atoms with Crippen LogP contribution in [0.2, 0.25) is 0 Å². The highest BCUT2D eigenvalue weighted by Crippen LogP contribution is 2.31. The largest absolute Gasteiger partial charge is 0.126 e. The van der Waals surface area contributed by atoms with Gasteiger partial charge in [-0.25, -0.2) is 0 Å². The van der Waals surface area contributed by atoms with E-state index in [0.717, 1.165) is 6.42 Å². The number of halogens is 1. The summed E-state index contributed by atoms with van der Waals surface area (Å²) < 4.78 is 0. The normalized spacial score (nSPS) is 32.1. The molecule has 0 radical (unpaired) electrons. The average molecular weight is 157 g/mol. The summed E-state index contributed by atoms with van der Waals surface area (Å²) in [6.45, 7) is 4.33. The highest BCUT2D eigenvalue weighted by atomic mass is 35.5. The highest BCUT2D eigenvalue weighted by molar-refractivity contribution is 6.18. The third-order valence-electron chi connectivity index (χ3n) is 1.87. The zero-order valence-corrected chi connectivity index (χ0v) is 7.28. The molecule has 0 saturated heterocycles. The van der Waals surface area contributed by atoms with Gasteiger partial charge >= 0.3 is 0 Å². The summed E-state index contributed by atoms with van der Waals surface area (Å²) in [5, 5.41) is 0. The van der Waals surface area contributed by atoms with Gasteiger partial charge in [0.25, 0.3) is 0 Å². The van der Waals surface area contributed by atoms with Crippen molar-refractivity contribution in [2.24, 2.45) is 5.41 Å². The second-order valence-corrected chi connectivity index (χ2v) is 3.60. The van der Waals surface area contributed by atoms with Gasteiger partial charge in [0.2, 0.25) is 0 Å². The zero-order valence-electron chi connectivity index (χ0n) is 6.52. The monoisotopic (exact) mass is 156 g/mol. The van der Waals surface area contributed by atoms with Gasteiger partial charge in [-0.1, -0.05) is 30.7 Å². The minimum absolute atomic E-state index is 0.209. The van der Waals surface area contributed by atoms with E-state index in [4.69, 9.17) is 11.6 Å². The van der Waals surface area contributed by atoms with E-state index in [1.54, 1.807) is 0 Å². The van der Waals surface area contributed by atoms with Crippen LogP contribution in [0.4, 0.5) is 0 Å². The average Bonchev–Trinajstić information content (AvgIpc) is 1.88. The van der Waals surface area contributed by atoms with Crippen molar-refractivity contribution in [2.75, 3.05) is 5.88 Å². The van der Waals surface area contributed by atoms with Crippen molar-refractivity contribution >= 4 is 11.6 Å². The predicted molar refractivity (Wildman–Crippen MR) is 46.3 cm³/mol. The van der Waals surface area contributed by atoms with Gasteiger partial charge in [-0.2, -0.15) is 0 Å². The molecule has 0 fully saturated rings. The fraction of sp³-hybridized carbons (Fsp3) is 0.556. The van der Waals surface area contributed by atoms with Crippen LogP contribution in [0.15, 0.2) is 23.8 Å². The lowest BCUT2D eigenvalue weighted by Crippen LogP contribution is -2.17. The summed E-state index contributed by atoms with van der Waals surface area (Å²) in [4.78, 5) is 0. The molecular formula is C9H13Cl. The van der Waals surface area contributed by atoms with Crippen LogP contribution in [0, 0.1) is 5.41 Å². The van der Waals surface area contributed by atoms with E-state index >= 15 is 0 Å². The first-order valence-corrected chi connectivity index (χ1v) is 4.11. The van der Waals surface area contributed by atoms with E-state index in [-0.39, 0.29) is 5.41 Å². The molecule has 1 aliphatic carbocycles. The molecule has 1 rings (SSSR count). The van der Waals surface area contributed by atoms with Gasteiger partial charge in [-0.15, -0.1) is 11.6 Å². The third kappa shape index (κ3) is 1.63. The van der Waals surface area contributed by atoms with E-state index in [0.29, 0.717) is 5.88 Å². The van der Waals surface area contributed by atoms with Crippen molar-refractivity contribution in [1.82, 2.24) is 0 Å². The maximum Gasteiger partial charge on any atom is 0.0315 e. The summed E-state index contributed by atoms with van der Waals surface area (Å²) in [6.07, 6.45) is 7.54. The van der Waals surface area contributed by atoms with Crippen molar-refractivity contribution in [3.63, 3.8) is 0 Å². The van der Waals surface area contributed by atoms with Crippen molar-refractivity contribution in [3.8, 4) is 0 Å². The quantitative estimate of drug-likeness (QED) is 0.512. The molecule has 56 valence electrons. The second-order valence-electron chi connectivity index (χ2n) is 3.34. The number of hydrogen-bond donors (Lipinski definition) is 0. The van der Waals surface area contributed by atoms with Gasteiger partial charge < -0.3 is 0 Å². The molecule has 0 aromatic carbocycles. The van der Waals surface area contributed by atoms with E-state index in [1.165, 1.54) is 5.57 Å². The molecule has 1 unspecified atom stereocenters. The lowest BCUT2D eigenvalue weighted by atomic mass is 9.82. The first kappa shape index (κ1) is 7.87. The molecule has 0 saturated carbocycles. The Labute approximate surface area is 67.6 Å². The van der Waals surface area contributed by atoms with E-state index < -0.39 is 0 Å². The molecular weight excluding hydrogens is 144 g/mol. The van der Waals surface area contributed by atoms with Gasteiger partial charge in [0.05, 0.1) is 0 Å². The van der Waals surface area contributed by atoms with Crippen molar-refractivity contribution in [2.45, 2.75) is 20.3 Å². The Morgan fingerprint density at radius 3 is 2.80 bits per heavy atom. The molecule has 0 aromatic heterocycles. The summed E-state index contributed by atoms with van der Waals surface area (Å²) in [6, 6.07) is 0. The fourth-order valence-corrected chi connectivity index (χ4v) is 1.47. The van der Waals surface area contributed by atoms with Gasteiger partial charge in [0.15, 0.2) is 0 Å². The SMILES string of the molecule is CC1=CC=CC(C)(CCl)C1. The van der Waals surface area contributed by atoms with Crippen LogP contribution in [0.1, 0.15) is 20.3 Å². The first-order valence-electron chi connectivity index (χ1n) is 3.57. The van der Waals surface area contributed by atoms with Crippen LogP contribution in [-0.2, 0) is 0 Å². The van der Waals surface area contributed by atoms with Crippen LogP contribution in [0.3, 0.4) is 0 Å². The number of rotatable bonds is 1. The van der Waals surface area contributed by atoms with Gasteiger partial charge in [0.1, 0.15) is 0 Å². The molecule has 0 N–H and O–H groups in total. The molecule has 0 heterocycles. The van der Waals surface area contributed by atoms with Gasteiger partial charge in [0, 0.05) is 11.3 Å². The van der Waals surface area contributed by atoms with Gasteiger partial charge in [-0.3, -0.25) is 0 Å². The Morgan fingerprint density at radius 1 is 1.70 bits per heavy atom. The summed E-state index contributed by atoms with van der Waals surface area (Å²) in [5.41, 5.74) is 1.63. The molecule has 0 nitrogen and oxygen atoms in total. The molecule has 1 heteroatoms. The summed E-state index contributed by atoms with van der Waals surface area (Å²) in [7, 11) is 0. The molecule has 1 atom stereocenters. The molecule has 0 amide bonds. The van der Waals surface area contributed by atoms with Crippen LogP contribution >= 0.6 is 11.6 Å². The summed E-state index contributed by atoms with van der Waals surface area (Å²) in [5.74, 6) is 0.717. The third-order valence-corrected chi connectivity index (χ3v) is 2.48. The minimum atomic E-state index is 0.209. The first-order chi connectivity index (χ1) is 4.66. The van der Waals surface area contributed by atoms with Crippen LogP contribution in [-0.4, -0.2) is 5.88 Å². The Balaban J connectivity index is 2.71. The molecule has 0 aliphatic heterocycles. The number of allylic oxidation sites excluding steroid dienone is 4. The lowest BCUT2D eigenvalue weighted by molar-refractivity contribution is 0.477. The maximum absolute atomic E-state index is 5.81. The van der Waals surface area contributed by atoms with Crippen molar-refractivity contribution in [1.29, 1.82) is 0 Å². The Morgan fingerprint density at radius 2 is 2.40 bits per heavy atom. The highest BCUT2D eigenvalue weighted by Gasteiger charge is 2.21. The molecule has 0 aromatic rings. The Kier molecular flexibility index (Phi) is 2.20. The molecule has 0 bridgehead atoms. The van der Waals surface area contributed by atoms with Crippen LogP contribution < -0.4 is 0 Å². The zero-order chi connectivity index (χ0) is 7.61. The predicted octanol–water partition coefficient (Wildman–Crippen LogP) is 3.14. The van der Waals surface area contributed by atoms with E-state index in [2.05, 4.69) is 32.1 Å². The minimum Gasteiger partial charge on any atom is -0.126 e. The van der Waals surface area contributed by atoms with E-state index in [1.807, 2.05) is 0 Å². The van der Waals surface area contributed by atoms with Crippen molar-refractivity contribution in [3.05, 3.63) is 23.8 Å². The maximum atomic E-state index is 5.81. The van der Waals surface area contributed by atoms with Crippen molar-refractivity contribution < 1.29 is 0 Å². The lowest BCUT2D eigenvalue weighted by Gasteiger charge is -2.25. The van der Waals surface area contributed by atoms with E-state index in [9.17, 15) is 0 Å². The molecule has 0 spiro atoms. The number of hydrogen-bond acceptors (Lipinski definition) is 0. The summed E-state index contributed by atoms with van der Waals surface area (Å²) >= 11 is 5.81. The second kappa shape index (κ2) is 2.79. The number of alkyl halides is 1. The fourth-order valence-electron chi connectivity index (χ4n) is 1.29. The topological polar surface area (TPSA) is 0 Å².